The van der Waals surface area contributed by atoms with Crippen LogP contribution >= 0.6 is 0 Å². The van der Waals surface area contributed by atoms with Crippen LogP contribution in [0.2, 0.25) is 0 Å². The lowest BCUT2D eigenvalue weighted by Crippen LogP contribution is -2.68. The Labute approximate surface area is 546 Å². The first-order chi connectivity index (χ1) is 46.2. The van der Waals surface area contributed by atoms with E-state index in [2.05, 4.69) is 5.32 Å². The van der Waals surface area contributed by atoms with E-state index in [1.54, 1.807) is 0 Å². The smallest absolute Gasteiger partial charge is 0.269 e. The van der Waals surface area contributed by atoms with Gasteiger partial charge in [-0.1, -0.05) is 0 Å². The molecule has 22 fully saturated rings. The lowest BCUT2D eigenvalue weighted by Gasteiger charge is -2.50. The predicted octanol–water partition coefficient (Wildman–Crippen LogP) is -15.8. The standard InChI is InChI=1S/C54H84N2O41/c57-7-17-41-27(67)35(75)50(86-17)94-43-19(9-59)88-52(37(77)29(43)69)96-45-21(11-61)90-54(39(79)31(45)71)97-46-22(12-62)89-53(38(78)30(46)70)95-44-20(10-60)87-51(36(76)28(44)68)93-42-18(8-58)85-49(34(74)26(42)66)91-40-16(84-48(92-41)33(73)25(40)65)6-55-5-15-23(63)24(64)32(72)47(83-15)82-14-3-1-13(2-4-14)56(80)81/h1-4,15-55,57-79H,5-12H2/t15-,16-,17-,18-,19-,20-,21-,22-,23+,24+,25-,26-,27+,28-,29-,30-,31-,32-,33-,34-,35-,36-,37-,38-,39-,40-,41-,42-,43-,44-,45-,46-,47-,48-,49-,50-,51-,52-,53-,54-/m1/s1. The third-order valence-corrected chi connectivity index (χ3v) is 18.3. The van der Waals surface area contributed by atoms with Crippen LogP contribution in [0.3, 0.4) is 0 Å². The Balaban J connectivity index is 0.932. The SMILES string of the molecule is O=[N+]([O-])c1ccc(O[C@@H]2O[C@H](CNC[C@H]3O[C@@H]4O[C@H]5[C@@H](O)[C@@H](O)[C@@H](O[C@H]6[C@H](O)[C@@H](O)[C@@H](O[C@H]7[C@H](O)[C@@H](O)[C@@H](O[C@H]8[C@H](O)[C@@H](O)[C@@H](O[C@H]9[C@H](O)[C@@H](O)[C@@H](O[C@H]%10[C@H](O)[C@@H](O)[C@@H](O[C@H]3[C@H](O)[C@H]4O)O[C@@H]%10CO)O[C@@H]9CO)O[C@@H]8CO)O[C@@H]7CO)O[C@@H]6CO)O[C@@H]5CO)[C@H](O)[C@H](O)[C@H]2O)cc1. The summed E-state index contributed by atoms with van der Waals surface area (Å²) in [6, 6.07) is 4.46. The molecule has 43 heteroatoms. The number of nitro benzene ring substituents is 1. The molecule has 43 nitrogen and oxygen atoms in total. The second kappa shape index (κ2) is 32.7. The summed E-state index contributed by atoms with van der Waals surface area (Å²) in [6.07, 6.45) is -82.0. The van der Waals surface area contributed by atoms with Gasteiger partial charge in [-0.2, -0.15) is 0 Å². The summed E-state index contributed by atoms with van der Waals surface area (Å²) < 4.78 is 92.7. The fourth-order valence-corrected chi connectivity index (χ4v) is 12.8. The number of nitrogens with one attached hydrogen (secondary N) is 1. The van der Waals surface area contributed by atoms with Crippen molar-refractivity contribution in [2.75, 3.05) is 52.7 Å². The van der Waals surface area contributed by atoms with Crippen LogP contribution in [0.4, 0.5) is 5.69 Å². The molecule has 0 aromatic heterocycles. The number of aliphatic hydroxyl groups is 23. The van der Waals surface area contributed by atoms with Gasteiger partial charge in [-0.05, 0) is 12.1 Å². The van der Waals surface area contributed by atoms with Gasteiger partial charge in [0.05, 0.1) is 44.6 Å². The van der Waals surface area contributed by atoms with Gasteiger partial charge in [0, 0.05) is 25.2 Å². The van der Waals surface area contributed by atoms with Crippen molar-refractivity contribution in [3.63, 3.8) is 0 Å². The van der Waals surface area contributed by atoms with Crippen molar-refractivity contribution >= 4 is 5.69 Å². The molecule has 22 aliphatic rings. The minimum absolute atomic E-state index is 0.0811. The Morgan fingerprint density at radius 3 is 0.784 bits per heavy atom. The van der Waals surface area contributed by atoms with E-state index in [9.17, 15) is 128 Å². The highest BCUT2D eigenvalue weighted by Crippen LogP contribution is 2.40. The molecule has 0 spiro atoms. The molecule has 0 unspecified atom stereocenters. The van der Waals surface area contributed by atoms with Crippen molar-refractivity contribution in [1.29, 1.82) is 0 Å². The Bertz CT molecular complexity index is 2620. The zero-order valence-electron chi connectivity index (χ0n) is 50.6. The van der Waals surface area contributed by atoms with Crippen LogP contribution in [-0.4, -0.2) is 421 Å². The number of nitrogens with zero attached hydrogens (tertiary/aromatic N) is 1. The summed E-state index contributed by atoms with van der Waals surface area (Å²) in [4.78, 5) is 10.5. The molecule has 97 heavy (non-hydrogen) atoms. The van der Waals surface area contributed by atoms with Gasteiger partial charge in [-0.3, -0.25) is 10.1 Å². The van der Waals surface area contributed by atoms with Crippen LogP contribution < -0.4 is 10.1 Å². The maximum absolute atomic E-state index is 12.0. The number of hydrogen-bond donors (Lipinski definition) is 24. The Morgan fingerprint density at radius 1 is 0.299 bits per heavy atom. The largest absolute Gasteiger partial charge is 0.462 e. The zero-order valence-corrected chi connectivity index (χ0v) is 50.6. The molecule has 0 amide bonds. The van der Waals surface area contributed by atoms with Gasteiger partial charge in [0.2, 0.25) is 6.29 Å². The molecule has 14 bridgehead atoms. The van der Waals surface area contributed by atoms with E-state index in [1.165, 1.54) is 0 Å². The second-order valence-electron chi connectivity index (χ2n) is 24.5. The molecular weight excluding hydrogens is 1330 g/mol. The molecule has 22 aliphatic heterocycles. The van der Waals surface area contributed by atoms with Crippen LogP contribution in [0.1, 0.15) is 0 Å². The average molecular weight is 1420 g/mol. The molecule has 1 aromatic rings. The molecule has 0 saturated carbocycles. The van der Waals surface area contributed by atoms with Gasteiger partial charge in [-0.25, -0.2) is 0 Å². The molecule has 0 radical (unpaired) electrons. The summed E-state index contributed by atoms with van der Waals surface area (Å²) in [6.45, 7) is -7.80. The van der Waals surface area contributed by atoms with Crippen molar-refractivity contribution in [3.05, 3.63) is 34.4 Å². The Morgan fingerprint density at radius 2 is 0.536 bits per heavy atom. The minimum Gasteiger partial charge on any atom is -0.462 e. The number of ether oxygens (including phenoxy) is 16. The molecule has 24 N–H and O–H groups in total. The maximum Gasteiger partial charge on any atom is 0.269 e. The number of rotatable bonds is 13. The van der Waals surface area contributed by atoms with Gasteiger partial charge < -0.3 is 199 Å². The molecule has 1 aromatic carbocycles. The first-order valence-corrected chi connectivity index (χ1v) is 30.8. The highest BCUT2D eigenvalue weighted by Gasteiger charge is 2.60. The summed E-state index contributed by atoms with van der Waals surface area (Å²) in [5.74, 6) is -0.0811. The highest BCUT2D eigenvalue weighted by molar-refractivity contribution is 5.36. The number of non-ortho nitro benzene ring substituents is 1. The quantitative estimate of drug-likeness (QED) is 0.0644. The fraction of sp³-hybridized carbons (Fsp3) is 0.889. The van der Waals surface area contributed by atoms with Crippen LogP contribution in [0, 0.1) is 10.1 Å². The maximum atomic E-state index is 12.0. The third kappa shape index (κ3) is 15.7. The molecule has 23 rings (SSSR count). The van der Waals surface area contributed by atoms with E-state index in [-0.39, 0.29) is 11.4 Å². The molecule has 22 saturated heterocycles. The first-order valence-electron chi connectivity index (χ1n) is 30.8. The normalized spacial score (nSPS) is 51.1. The van der Waals surface area contributed by atoms with Crippen LogP contribution in [0.5, 0.6) is 5.75 Å². The van der Waals surface area contributed by atoms with Crippen molar-refractivity contribution in [1.82, 2.24) is 5.32 Å². The molecule has 22 heterocycles. The van der Waals surface area contributed by atoms with Gasteiger partial charge in [0.25, 0.3) is 5.69 Å². The van der Waals surface area contributed by atoms with Crippen LogP contribution in [0.15, 0.2) is 24.3 Å². The highest BCUT2D eigenvalue weighted by atomic mass is 16.8. The Kier molecular flexibility index (Phi) is 25.8. The number of aliphatic hydroxyl groups excluding tert-OH is 23. The number of nitro groups is 1. The van der Waals surface area contributed by atoms with E-state index < -0.39 is 303 Å². The van der Waals surface area contributed by atoms with Crippen LogP contribution in [0.25, 0.3) is 0 Å². The van der Waals surface area contributed by atoms with Gasteiger partial charge in [0.15, 0.2) is 44.0 Å². The van der Waals surface area contributed by atoms with Gasteiger partial charge in [-0.15, -0.1) is 0 Å². The van der Waals surface area contributed by atoms with Crippen molar-refractivity contribution in [2.24, 2.45) is 0 Å². The van der Waals surface area contributed by atoms with E-state index in [0.717, 1.165) is 24.3 Å². The molecule has 40 atom stereocenters. The average Bonchev–Trinajstić information content (AvgIpc) is 0.787. The summed E-state index contributed by atoms with van der Waals surface area (Å²) in [7, 11) is 0. The molecule has 556 valence electrons. The minimum atomic E-state index is -2.34. The summed E-state index contributed by atoms with van der Waals surface area (Å²) >= 11 is 0. The summed E-state index contributed by atoms with van der Waals surface area (Å²) in [5, 5.41) is 272. The lowest BCUT2D eigenvalue weighted by atomic mass is 9.95. The van der Waals surface area contributed by atoms with E-state index in [0.29, 0.717) is 0 Å². The monoisotopic (exact) mass is 1420 g/mol. The lowest BCUT2D eigenvalue weighted by molar-refractivity contribution is -0.396. The molecular formula is C54H84N2O41. The topological polar surface area (TPSA) is 668 Å². The fourth-order valence-electron chi connectivity index (χ4n) is 12.8. The van der Waals surface area contributed by atoms with E-state index in [1.807, 2.05) is 0 Å². The van der Waals surface area contributed by atoms with E-state index in [4.69, 9.17) is 75.8 Å². The van der Waals surface area contributed by atoms with Gasteiger partial charge in [0.1, 0.15) is 201 Å². The Hall–Kier alpha value is -3.14. The zero-order chi connectivity index (χ0) is 70.3. The number of hydrogen-bond acceptors (Lipinski definition) is 42. The van der Waals surface area contributed by atoms with E-state index >= 15 is 0 Å². The number of benzene rings is 1. The van der Waals surface area contributed by atoms with Crippen molar-refractivity contribution in [3.8, 4) is 5.75 Å². The molecule has 0 aliphatic carbocycles. The predicted molar refractivity (Wildman–Crippen MR) is 295 cm³/mol. The third-order valence-electron chi connectivity index (χ3n) is 18.3. The van der Waals surface area contributed by atoms with Gasteiger partial charge >= 0.3 is 0 Å². The van der Waals surface area contributed by atoms with Crippen LogP contribution in [-0.2, 0) is 71.1 Å². The first kappa shape index (κ1) is 76.5. The van der Waals surface area contributed by atoms with Crippen molar-refractivity contribution < 1.29 is 198 Å². The summed E-state index contributed by atoms with van der Waals surface area (Å²) in [5.41, 5.74) is -0.324. The second-order valence-corrected chi connectivity index (χ2v) is 24.5. The van der Waals surface area contributed by atoms with Crippen molar-refractivity contribution in [2.45, 2.75) is 246 Å².